The summed E-state index contributed by atoms with van der Waals surface area (Å²) in [5.41, 5.74) is -0.825. The minimum absolute atomic E-state index is 0.117. The lowest BCUT2D eigenvalue weighted by molar-refractivity contribution is -0.0533. The van der Waals surface area contributed by atoms with Crippen LogP contribution in [0.25, 0.3) is 10.8 Å². The van der Waals surface area contributed by atoms with Gasteiger partial charge in [0.05, 0.1) is 19.1 Å². The van der Waals surface area contributed by atoms with Gasteiger partial charge in [-0.05, 0) is 23.6 Å². The van der Waals surface area contributed by atoms with E-state index in [1.165, 1.54) is 25.4 Å². The van der Waals surface area contributed by atoms with E-state index in [1.807, 2.05) is 0 Å². The Morgan fingerprint density at radius 1 is 1.06 bits per heavy atom. The molecule has 0 saturated carbocycles. The van der Waals surface area contributed by atoms with E-state index in [1.54, 1.807) is 0 Å². The molecule has 1 aliphatic heterocycles. The number of halogens is 1. The number of methoxy groups -OCH3 is 1. The zero-order chi connectivity index (χ0) is 26.3. The second-order valence-corrected chi connectivity index (χ2v) is 11.5. The molecule has 6 atom stereocenters. The maximum absolute atomic E-state index is 14.1. The van der Waals surface area contributed by atoms with Gasteiger partial charge in [-0.15, -0.1) is 0 Å². The van der Waals surface area contributed by atoms with Gasteiger partial charge < -0.3 is 39.3 Å². The lowest BCUT2D eigenvalue weighted by atomic mass is 10.1. The number of hydrogen-bond acceptors (Lipinski definition) is 11. The first-order valence-electron chi connectivity index (χ1n) is 9.22. The molecule has 1 fully saturated rings. The summed E-state index contributed by atoms with van der Waals surface area (Å²) in [5, 5.41) is 20.7. The van der Waals surface area contributed by atoms with E-state index in [2.05, 4.69) is 13.1 Å². The van der Waals surface area contributed by atoms with Crippen LogP contribution in [-0.4, -0.2) is 66.4 Å². The van der Waals surface area contributed by atoms with Crippen molar-refractivity contribution >= 4 is 34.2 Å². The summed E-state index contributed by atoms with van der Waals surface area (Å²) in [6.45, 7) is -1.06. The van der Waals surface area contributed by atoms with Crippen LogP contribution in [0, 0.1) is 5.82 Å². The number of phosphoric ester groups is 1. The fourth-order valence-electron chi connectivity index (χ4n) is 3.18. The number of phosphoric acid groups is 3. The molecule has 2 heterocycles. The number of nitrogens with zero attached hydrogens (tertiary/aromatic N) is 1. The maximum atomic E-state index is 14.1. The lowest BCUT2D eigenvalue weighted by Gasteiger charge is -2.19. The Hall–Kier alpha value is -1.55. The molecule has 0 bridgehead atoms. The fraction of sp³-hybridized carbons (Fsp3) is 0.400. The van der Waals surface area contributed by atoms with Gasteiger partial charge in [0, 0.05) is 6.20 Å². The third-order valence-electron chi connectivity index (χ3n) is 4.63. The highest BCUT2D eigenvalue weighted by atomic mass is 31.3. The molecule has 3 rings (SSSR count). The van der Waals surface area contributed by atoms with Gasteiger partial charge in [0.1, 0.15) is 18.3 Å². The summed E-state index contributed by atoms with van der Waals surface area (Å²) >= 11 is 0. The van der Waals surface area contributed by atoms with Gasteiger partial charge in [0.25, 0.3) is 5.56 Å². The first-order chi connectivity index (χ1) is 16.0. The molecule has 20 heteroatoms. The Morgan fingerprint density at radius 3 is 2.31 bits per heavy atom. The lowest BCUT2D eigenvalue weighted by Crippen LogP contribution is -2.35. The Kier molecular flexibility index (Phi) is 8.07. The minimum Gasteiger partial charge on any atom is -0.494 e. The molecule has 0 radical (unpaired) electrons. The molecule has 6 N–H and O–H groups in total. The number of benzene rings is 1. The Balaban J connectivity index is 1.76. The molecule has 0 amide bonds. The smallest absolute Gasteiger partial charge is 0.490 e. The summed E-state index contributed by atoms with van der Waals surface area (Å²) < 4.78 is 70.4. The highest BCUT2D eigenvalue weighted by molar-refractivity contribution is 7.66. The summed E-state index contributed by atoms with van der Waals surface area (Å²) in [4.78, 5) is 48.5. The van der Waals surface area contributed by atoms with Gasteiger partial charge >= 0.3 is 23.5 Å². The van der Waals surface area contributed by atoms with Gasteiger partial charge in [-0.1, -0.05) is 0 Å². The van der Waals surface area contributed by atoms with Crippen LogP contribution in [0.2, 0.25) is 0 Å². The summed E-state index contributed by atoms with van der Waals surface area (Å²) in [6, 6.07) is 3.54. The monoisotopic (exact) mass is 565 g/mol. The molecule has 35 heavy (non-hydrogen) atoms. The van der Waals surface area contributed by atoms with Crippen LogP contribution < -0.4 is 10.3 Å². The van der Waals surface area contributed by atoms with E-state index < -0.39 is 66.0 Å². The summed E-state index contributed by atoms with van der Waals surface area (Å²) in [7, 11) is -15.6. The number of aliphatic hydroxyl groups is 2. The average molecular weight is 565 g/mol. The minimum atomic E-state index is -5.76. The molecule has 2 unspecified atom stereocenters. The number of pyridine rings is 1. The Labute approximate surface area is 194 Å². The number of rotatable bonds is 9. The van der Waals surface area contributed by atoms with Crippen molar-refractivity contribution in [2.45, 2.75) is 24.5 Å². The second kappa shape index (κ2) is 10.1. The van der Waals surface area contributed by atoms with Gasteiger partial charge in [-0.3, -0.25) is 13.9 Å². The summed E-state index contributed by atoms with van der Waals surface area (Å²) in [5.74, 6) is -0.953. The first kappa shape index (κ1) is 28.0. The van der Waals surface area contributed by atoms with Gasteiger partial charge in [0.2, 0.25) is 0 Å². The molecule has 1 saturated heterocycles. The topological polar surface area (TPSA) is 241 Å². The highest BCUT2D eigenvalue weighted by Crippen LogP contribution is 2.66. The van der Waals surface area contributed by atoms with Gasteiger partial charge in [-0.25, -0.2) is 18.1 Å². The van der Waals surface area contributed by atoms with E-state index in [4.69, 9.17) is 24.2 Å². The van der Waals surface area contributed by atoms with Crippen LogP contribution in [0.15, 0.2) is 29.2 Å². The number of aliphatic hydroxyl groups excluding tert-OH is 2. The number of hydrogen-bond donors (Lipinski definition) is 6. The van der Waals surface area contributed by atoms with E-state index >= 15 is 0 Å². The van der Waals surface area contributed by atoms with Crippen LogP contribution in [0.1, 0.15) is 6.23 Å². The van der Waals surface area contributed by atoms with Crippen molar-refractivity contribution in [2.24, 2.45) is 0 Å². The predicted molar refractivity (Wildman–Crippen MR) is 110 cm³/mol. The highest BCUT2D eigenvalue weighted by Gasteiger charge is 2.46. The quantitative estimate of drug-likeness (QED) is 0.221. The van der Waals surface area contributed by atoms with Crippen LogP contribution in [0.4, 0.5) is 4.39 Å². The maximum Gasteiger partial charge on any atom is 0.490 e. The van der Waals surface area contributed by atoms with Crippen LogP contribution in [0.5, 0.6) is 5.75 Å². The average Bonchev–Trinajstić information content (AvgIpc) is 2.98. The van der Waals surface area contributed by atoms with Crippen molar-refractivity contribution in [2.75, 3.05) is 13.7 Å². The number of ether oxygens (including phenoxy) is 2. The second-order valence-electron chi connectivity index (χ2n) is 7.04. The van der Waals surface area contributed by atoms with Crippen molar-refractivity contribution in [1.82, 2.24) is 4.57 Å². The molecule has 1 aromatic heterocycles. The van der Waals surface area contributed by atoms with Crippen LogP contribution in [0.3, 0.4) is 0 Å². The van der Waals surface area contributed by atoms with Crippen molar-refractivity contribution in [3.05, 3.63) is 40.6 Å². The molecule has 2 aromatic rings. The molecule has 1 aliphatic rings. The van der Waals surface area contributed by atoms with Gasteiger partial charge in [-0.2, -0.15) is 8.62 Å². The molecule has 0 spiro atoms. The van der Waals surface area contributed by atoms with Crippen LogP contribution in [-0.2, 0) is 31.6 Å². The molecule has 0 aliphatic carbocycles. The SMILES string of the molecule is COc1cc2ccn([C@H]3O[C@@H](COP(=O)(O)OP(=O)(O)OP(=O)(O)O)[C@@H](O)[C@H]3O)c(=O)c2cc1F. The Morgan fingerprint density at radius 2 is 1.71 bits per heavy atom. The zero-order valence-electron chi connectivity index (χ0n) is 17.4. The fourth-order valence-corrected chi connectivity index (χ4v) is 6.21. The van der Waals surface area contributed by atoms with Crippen molar-refractivity contribution in [1.29, 1.82) is 0 Å². The van der Waals surface area contributed by atoms with Gasteiger partial charge in [0.15, 0.2) is 17.8 Å². The largest absolute Gasteiger partial charge is 0.494 e. The van der Waals surface area contributed by atoms with E-state index in [-0.39, 0.29) is 11.1 Å². The molecule has 1 aromatic carbocycles. The molecule has 16 nitrogen and oxygen atoms in total. The van der Waals surface area contributed by atoms with Crippen molar-refractivity contribution in [3.63, 3.8) is 0 Å². The third-order valence-corrected chi connectivity index (χ3v) is 8.44. The standard InChI is InChI=1S/C15H19FNO15P3/c1-28-10-4-7-2-3-17(14(20)8(7)5-9(10)16)15-13(19)12(18)11(30-15)6-29-34(24,25)32-35(26,27)31-33(21,22)23/h2-5,11-13,15,18-19H,6H2,1H3,(H,24,25)(H,26,27)(H2,21,22,23)/t11-,12+,13+,15-/m0/s1. The van der Waals surface area contributed by atoms with Crippen molar-refractivity contribution < 1.29 is 70.5 Å². The summed E-state index contributed by atoms with van der Waals surface area (Å²) in [6.07, 6.45) is -5.60. The predicted octanol–water partition coefficient (Wildman–Crippen LogP) is 0.112. The first-order valence-corrected chi connectivity index (χ1v) is 13.7. The normalized spacial score (nSPS) is 26.4. The number of aromatic nitrogens is 1. The third kappa shape index (κ3) is 6.61. The zero-order valence-corrected chi connectivity index (χ0v) is 20.0. The van der Waals surface area contributed by atoms with E-state index in [9.17, 15) is 38.0 Å². The van der Waals surface area contributed by atoms with E-state index in [0.717, 1.165) is 10.6 Å². The number of fused-ring (bicyclic) bond motifs is 1. The van der Waals surface area contributed by atoms with Crippen LogP contribution >= 0.6 is 23.5 Å². The molecular weight excluding hydrogens is 546 g/mol. The Bertz CT molecular complexity index is 1310. The molecule has 196 valence electrons. The van der Waals surface area contributed by atoms with E-state index in [0.29, 0.717) is 5.39 Å². The van der Waals surface area contributed by atoms with Crippen molar-refractivity contribution in [3.8, 4) is 5.75 Å². The molecular formula is C15H19FNO15P3.